The molecule has 5 nitrogen and oxygen atoms in total. The number of hydrogen-bond donors (Lipinski definition) is 1. The van der Waals surface area contributed by atoms with E-state index in [9.17, 15) is 9.59 Å². The van der Waals surface area contributed by atoms with E-state index in [4.69, 9.17) is 0 Å². The topological polar surface area (TPSA) is 62.3 Å². The number of nitrogens with one attached hydrogen (secondary N) is 1. The summed E-state index contributed by atoms with van der Waals surface area (Å²) in [5, 5.41) is 3.88. The lowest BCUT2D eigenvalue weighted by Crippen LogP contribution is -2.29. The van der Waals surface area contributed by atoms with Gasteiger partial charge in [0.2, 0.25) is 0 Å². The Bertz CT molecular complexity index is 1280. The molecular weight excluding hydrogens is 374 g/mol. The van der Waals surface area contributed by atoms with Crippen LogP contribution in [0.25, 0.3) is 10.9 Å². The number of aromatic nitrogens is 1. The Morgan fingerprint density at radius 1 is 0.867 bits per heavy atom. The van der Waals surface area contributed by atoms with Crippen LogP contribution in [0.1, 0.15) is 26.3 Å². The van der Waals surface area contributed by atoms with Crippen molar-refractivity contribution in [1.82, 2.24) is 4.98 Å². The highest BCUT2D eigenvalue weighted by atomic mass is 16.2. The maximum absolute atomic E-state index is 13.1. The van der Waals surface area contributed by atoms with Gasteiger partial charge in [0.1, 0.15) is 0 Å². The molecular formula is C25H19N3O2. The Morgan fingerprint density at radius 2 is 1.67 bits per heavy atom. The fraction of sp³-hybridized carbons (Fsp3) is 0.0800. The van der Waals surface area contributed by atoms with Crippen LogP contribution in [0.3, 0.4) is 0 Å². The minimum Gasteiger partial charge on any atom is -0.320 e. The SMILES string of the molecule is O=C(Nc1cccc2cccnc12)c1cccc(C(=O)N2CCc3ccccc32)c1. The summed E-state index contributed by atoms with van der Waals surface area (Å²) in [6, 6.07) is 24.2. The zero-order valence-electron chi connectivity index (χ0n) is 16.2. The molecule has 5 heteroatoms. The average molecular weight is 393 g/mol. The molecule has 5 rings (SSSR count). The van der Waals surface area contributed by atoms with Crippen molar-refractivity contribution in [3.63, 3.8) is 0 Å². The van der Waals surface area contributed by atoms with Crippen LogP contribution in [-0.2, 0) is 6.42 Å². The standard InChI is InChI=1S/C25H19N3O2/c29-24(27-21-11-4-7-18-10-5-14-26-23(18)21)19-8-3-9-20(16-19)25(30)28-15-13-17-6-1-2-12-22(17)28/h1-12,14,16H,13,15H2,(H,27,29). The molecule has 1 aliphatic heterocycles. The Kier molecular flexibility index (Phi) is 4.48. The molecule has 4 aromatic rings. The highest BCUT2D eigenvalue weighted by Gasteiger charge is 2.25. The van der Waals surface area contributed by atoms with Crippen LogP contribution in [0, 0.1) is 0 Å². The van der Waals surface area contributed by atoms with Crippen molar-refractivity contribution in [2.75, 3.05) is 16.8 Å². The van der Waals surface area contributed by atoms with Crippen LogP contribution in [0.4, 0.5) is 11.4 Å². The van der Waals surface area contributed by atoms with Crippen LogP contribution < -0.4 is 10.2 Å². The lowest BCUT2D eigenvalue weighted by atomic mass is 10.1. The Hall–Kier alpha value is -3.99. The number of para-hydroxylation sites is 2. The fourth-order valence-corrected chi connectivity index (χ4v) is 3.90. The van der Waals surface area contributed by atoms with E-state index in [2.05, 4.69) is 10.3 Å². The second-order valence-corrected chi connectivity index (χ2v) is 7.25. The van der Waals surface area contributed by atoms with Gasteiger partial charge in [0.15, 0.2) is 0 Å². The molecule has 1 aromatic heterocycles. The Labute approximate surface area is 174 Å². The minimum atomic E-state index is -0.273. The number of carbonyl (C=O) groups is 2. The van der Waals surface area contributed by atoms with Gasteiger partial charge >= 0.3 is 0 Å². The molecule has 0 aliphatic carbocycles. The number of anilines is 2. The van der Waals surface area contributed by atoms with Gasteiger partial charge in [-0.05, 0) is 48.4 Å². The second-order valence-electron chi connectivity index (χ2n) is 7.25. The van der Waals surface area contributed by atoms with Crippen LogP contribution >= 0.6 is 0 Å². The highest BCUT2D eigenvalue weighted by Crippen LogP contribution is 2.29. The molecule has 1 aliphatic rings. The molecule has 2 amide bonds. The van der Waals surface area contributed by atoms with Gasteiger partial charge in [-0.15, -0.1) is 0 Å². The van der Waals surface area contributed by atoms with Gasteiger partial charge in [-0.25, -0.2) is 0 Å². The molecule has 1 N–H and O–H groups in total. The second kappa shape index (κ2) is 7.44. The minimum absolute atomic E-state index is 0.0959. The smallest absolute Gasteiger partial charge is 0.258 e. The van der Waals surface area contributed by atoms with Crippen molar-refractivity contribution in [2.24, 2.45) is 0 Å². The summed E-state index contributed by atoms with van der Waals surface area (Å²) in [7, 11) is 0. The van der Waals surface area contributed by atoms with Crippen molar-refractivity contribution in [1.29, 1.82) is 0 Å². The number of amides is 2. The summed E-state index contributed by atoms with van der Waals surface area (Å²) in [6.45, 7) is 0.649. The monoisotopic (exact) mass is 393 g/mol. The number of benzene rings is 3. The van der Waals surface area contributed by atoms with Crippen molar-refractivity contribution in [3.8, 4) is 0 Å². The molecule has 2 heterocycles. The molecule has 3 aromatic carbocycles. The van der Waals surface area contributed by atoms with Crippen LogP contribution in [0.2, 0.25) is 0 Å². The summed E-state index contributed by atoms with van der Waals surface area (Å²) in [5.74, 6) is -0.369. The number of pyridine rings is 1. The van der Waals surface area contributed by atoms with E-state index in [1.807, 2.05) is 54.6 Å². The molecule has 0 saturated carbocycles. The van der Waals surface area contributed by atoms with Crippen molar-refractivity contribution < 1.29 is 9.59 Å². The predicted octanol–water partition coefficient (Wildman–Crippen LogP) is 4.69. The lowest BCUT2D eigenvalue weighted by molar-refractivity contribution is 0.0989. The largest absolute Gasteiger partial charge is 0.320 e. The van der Waals surface area contributed by atoms with E-state index < -0.39 is 0 Å². The molecule has 0 radical (unpaired) electrons. The average Bonchev–Trinajstić information content (AvgIpc) is 3.23. The molecule has 0 saturated heterocycles. The summed E-state index contributed by atoms with van der Waals surface area (Å²) >= 11 is 0. The van der Waals surface area contributed by atoms with E-state index in [-0.39, 0.29) is 11.8 Å². The molecule has 0 unspecified atom stereocenters. The molecule has 146 valence electrons. The van der Waals surface area contributed by atoms with Crippen molar-refractivity contribution >= 4 is 34.1 Å². The van der Waals surface area contributed by atoms with Crippen molar-refractivity contribution in [2.45, 2.75) is 6.42 Å². The molecule has 30 heavy (non-hydrogen) atoms. The third-order valence-corrected chi connectivity index (χ3v) is 5.38. The first-order chi connectivity index (χ1) is 14.7. The van der Waals surface area contributed by atoms with Gasteiger partial charge in [0, 0.05) is 34.9 Å². The van der Waals surface area contributed by atoms with E-state index in [0.29, 0.717) is 23.4 Å². The van der Waals surface area contributed by atoms with Gasteiger partial charge in [-0.3, -0.25) is 14.6 Å². The van der Waals surface area contributed by atoms with E-state index in [1.165, 1.54) is 5.56 Å². The summed E-state index contributed by atoms with van der Waals surface area (Å²) in [6.07, 6.45) is 2.54. The summed E-state index contributed by atoms with van der Waals surface area (Å²) in [5.41, 5.74) is 4.41. The third kappa shape index (κ3) is 3.20. The third-order valence-electron chi connectivity index (χ3n) is 5.38. The number of fused-ring (bicyclic) bond motifs is 2. The molecule has 0 atom stereocenters. The lowest BCUT2D eigenvalue weighted by Gasteiger charge is -2.17. The zero-order valence-corrected chi connectivity index (χ0v) is 16.2. The Morgan fingerprint density at radius 3 is 2.60 bits per heavy atom. The zero-order chi connectivity index (χ0) is 20.5. The normalized spacial score (nSPS) is 12.6. The van der Waals surface area contributed by atoms with Gasteiger partial charge in [0.05, 0.1) is 11.2 Å². The maximum Gasteiger partial charge on any atom is 0.258 e. The van der Waals surface area contributed by atoms with E-state index >= 15 is 0 Å². The van der Waals surface area contributed by atoms with Gasteiger partial charge < -0.3 is 10.2 Å². The summed E-state index contributed by atoms with van der Waals surface area (Å²) < 4.78 is 0. The Balaban J connectivity index is 1.41. The number of nitrogens with zero attached hydrogens (tertiary/aromatic N) is 2. The number of hydrogen-bond acceptors (Lipinski definition) is 3. The number of rotatable bonds is 3. The number of carbonyl (C=O) groups excluding carboxylic acids is 2. The van der Waals surface area contributed by atoms with E-state index in [0.717, 1.165) is 23.0 Å². The predicted molar refractivity (Wildman–Crippen MR) is 118 cm³/mol. The first-order valence-corrected chi connectivity index (χ1v) is 9.86. The van der Waals surface area contributed by atoms with E-state index in [1.54, 1.807) is 35.4 Å². The van der Waals surface area contributed by atoms with Crippen molar-refractivity contribution in [3.05, 3.63) is 102 Å². The van der Waals surface area contributed by atoms with Crippen LogP contribution in [0.15, 0.2) is 85.1 Å². The first-order valence-electron chi connectivity index (χ1n) is 9.86. The van der Waals surface area contributed by atoms with Gasteiger partial charge in [-0.1, -0.05) is 42.5 Å². The molecule has 0 bridgehead atoms. The van der Waals surface area contributed by atoms with Gasteiger partial charge in [-0.2, -0.15) is 0 Å². The fourth-order valence-electron chi connectivity index (χ4n) is 3.90. The highest BCUT2D eigenvalue weighted by molar-refractivity contribution is 6.11. The quantitative estimate of drug-likeness (QED) is 0.549. The molecule has 0 fully saturated rings. The van der Waals surface area contributed by atoms with Crippen LogP contribution in [-0.4, -0.2) is 23.3 Å². The summed E-state index contributed by atoms with van der Waals surface area (Å²) in [4.78, 5) is 32.1. The molecule has 0 spiro atoms. The van der Waals surface area contributed by atoms with Gasteiger partial charge in [0.25, 0.3) is 11.8 Å². The van der Waals surface area contributed by atoms with Crippen LogP contribution in [0.5, 0.6) is 0 Å². The first kappa shape index (κ1) is 18.1. The maximum atomic E-state index is 13.1.